The van der Waals surface area contributed by atoms with Crippen LogP contribution >= 0.6 is 0 Å². The highest BCUT2D eigenvalue weighted by molar-refractivity contribution is 4.59. The van der Waals surface area contributed by atoms with Crippen molar-refractivity contribution in [2.75, 3.05) is 19.6 Å². The molecule has 54 valence electrons. The van der Waals surface area contributed by atoms with Crippen molar-refractivity contribution in [1.29, 1.82) is 0 Å². The molecule has 0 unspecified atom stereocenters. The predicted octanol–water partition coefficient (Wildman–Crippen LogP) is -0.658. The molecule has 0 aromatic carbocycles. The zero-order chi connectivity index (χ0) is 8.32. The first-order valence-electron chi connectivity index (χ1n) is 4.62. The number of nitrogens with two attached hydrogens (primary N) is 1. The molecule has 0 saturated carbocycles. The van der Waals surface area contributed by atoms with E-state index in [-0.39, 0.29) is 0 Å². The second kappa shape index (κ2) is 3.85. The molecule has 1 heterocycles. The summed E-state index contributed by atoms with van der Waals surface area (Å²) >= 11 is 0. The Hall–Kier alpha value is -0.0800. The lowest BCUT2D eigenvalue weighted by Gasteiger charge is -2.18. The minimum Gasteiger partial charge on any atom is -0.396 e. The van der Waals surface area contributed by atoms with Crippen LogP contribution in [0.2, 0.25) is 0 Å². The average Bonchev–Trinajstić information content (AvgIpc) is 1.85. The van der Waals surface area contributed by atoms with Crippen molar-refractivity contribution in [1.82, 2.24) is 0 Å². The second-order valence-corrected chi connectivity index (χ2v) is 2.67. The van der Waals surface area contributed by atoms with Gasteiger partial charge in [-0.1, -0.05) is 0 Å². The van der Waals surface area contributed by atoms with Gasteiger partial charge in [0.1, 0.15) is 0 Å². The zero-order valence-electron chi connectivity index (χ0n) is 7.64. The highest BCUT2D eigenvalue weighted by Gasteiger charge is 2.13. The molecule has 0 radical (unpaired) electrons. The molecule has 2 nitrogen and oxygen atoms in total. The van der Waals surface area contributed by atoms with E-state index in [0.29, 0.717) is 12.3 Å². The van der Waals surface area contributed by atoms with E-state index in [2.05, 4.69) is 5.32 Å². The Labute approximate surface area is 59.1 Å². The average molecular weight is 132 g/mol. The van der Waals surface area contributed by atoms with E-state index in [1.165, 1.54) is 0 Å². The maximum absolute atomic E-state index is 8.89. The minimum atomic E-state index is -1.96. The first-order valence-corrected chi connectivity index (χ1v) is 3.62. The molecule has 1 saturated heterocycles. The van der Waals surface area contributed by atoms with E-state index < -0.39 is 6.56 Å². The summed E-state index contributed by atoms with van der Waals surface area (Å²) in [6.07, 6.45) is 2.39. The molecule has 1 fully saturated rings. The SMILES string of the molecule is [2H]C([2H])(O)CC1CC[NH2+]CC1. The van der Waals surface area contributed by atoms with Crippen LogP contribution < -0.4 is 5.32 Å². The summed E-state index contributed by atoms with van der Waals surface area (Å²) < 4.78 is 14.0. The molecule has 0 aromatic heterocycles. The summed E-state index contributed by atoms with van der Waals surface area (Å²) in [5.74, 6) is 0.389. The number of aliphatic hydroxyl groups is 1. The van der Waals surface area contributed by atoms with Gasteiger partial charge in [-0.2, -0.15) is 0 Å². The summed E-state index contributed by atoms with van der Waals surface area (Å²) in [4.78, 5) is 0. The van der Waals surface area contributed by atoms with E-state index in [9.17, 15) is 0 Å². The largest absolute Gasteiger partial charge is 0.396 e. The highest BCUT2D eigenvalue weighted by atomic mass is 16.3. The lowest BCUT2D eigenvalue weighted by atomic mass is 9.95. The first kappa shape index (κ1) is 4.69. The summed E-state index contributed by atoms with van der Waals surface area (Å²) in [6.45, 7) is 0.212. The number of piperidine rings is 1. The fraction of sp³-hybridized carbons (Fsp3) is 1.00. The summed E-state index contributed by atoms with van der Waals surface area (Å²) in [6, 6.07) is 0. The van der Waals surface area contributed by atoms with Gasteiger partial charge >= 0.3 is 0 Å². The smallest absolute Gasteiger partial charge is 0.0758 e. The molecule has 3 N–H and O–H groups in total. The molecular weight excluding hydrogens is 114 g/mol. The Morgan fingerprint density at radius 3 is 2.78 bits per heavy atom. The van der Waals surface area contributed by atoms with Crippen molar-refractivity contribution >= 4 is 0 Å². The Bertz CT molecular complexity index is 118. The Kier molecular flexibility index (Phi) is 2.01. The lowest BCUT2D eigenvalue weighted by molar-refractivity contribution is -0.664. The van der Waals surface area contributed by atoms with Crippen LogP contribution in [0.5, 0.6) is 0 Å². The van der Waals surface area contributed by atoms with Crippen molar-refractivity contribution < 1.29 is 13.2 Å². The van der Waals surface area contributed by atoms with E-state index in [4.69, 9.17) is 7.85 Å². The molecule has 0 spiro atoms. The molecule has 0 atom stereocenters. The van der Waals surface area contributed by atoms with Crippen molar-refractivity contribution in [3.8, 4) is 0 Å². The van der Waals surface area contributed by atoms with Gasteiger partial charge in [-0.25, -0.2) is 0 Å². The summed E-state index contributed by atoms with van der Waals surface area (Å²) in [5.41, 5.74) is 0. The van der Waals surface area contributed by atoms with Crippen LogP contribution in [0.25, 0.3) is 0 Å². The van der Waals surface area contributed by atoms with Crippen molar-refractivity contribution in [2.24, 2.45) is 5.92 Å². The van der Waals surface area contributed by atoms with Crippen LogP contribution in [-0.4, -0.2) is 24.8 Å². The Morgan fingerprint density at radius 1 is 1.56 bits per heavy atom. The van der Waals surface area contributed by atoms with E-state index in [1.54, 1.807) is 0 Å². The third-order valence-electron chi connectivity index (χ3n) is 1.94. The quantitative estimate of drug-likeness (QED) is 0.514. The van der Waals surface area contributed by atoms with Crippen LogP contribution in [0.3, 0.4) is 0 Å². The molecule has 1 rings (SSSR count). The van der Waals surface area contributed by atoms with Gasteiger partial charge in [-0.05, 0) is 25.2 Å². The fourth-order valence-electron chi connectivity index (χ4n) is 1.33. The maximum atomic E-state index is 8.89. The van der Waals surface area contributed by atoms with E-state index in [0.717, 1.165) is 25.9 Å². The minimum absolute atomic E-state index is 0.306. The van der Waals surface area contributed by atoms with Crippen LogP contribution in [-0.2, 0) is 0 Å². The van der Waals surface area contributed by atoms with E-state index in [1.807, 2.05) is 0 Å². The molecule has 0 amide bonds. The van der Waals surface area contributed by atoms with Gasteiger partial charge in [0, 0.05) is 6.56 Å². The molecule has 1 aliphatic heterocycles. The number of hydrogen-bond acceptors (Lipinski definition) is 1. The van der Waals surface area contributed by atoms with Crippen molar-refractivity contribution in [3.63, 3.8) is 0 Å². The third kappa shape index (κ3) is 2.33. The topological polar surface area (TPSA) is 36.8 Å². The third-order valence-corrected chi connectivity index (χ3v) is 1.94. The van der Waals surface area contributed by atoms with Gasteiger partial charge in [0.15, 0.2) is 0 Å². The molecular formula is C7H16NO+. The number of hydrogen-bond donors (Lipinski definition) is 2. The zero-order valence-corrected chi connectivity index (χ0v) is 5.64. The molecule has 0 aliphatic carbocycles. The van der Waals surface area contributed by atoms with Gasteiger partial charge in [0.25, 0.3) is 0 Å². The maximum Gasteiger partial charge on any atom is 0.0758 e. The van der Waals surface area contributed by atoms with Crippen molar-refractivity contribution in [3.05, 3.63) is 0 Å². The van der Waals surface area contributed by atoms with Crippen LogP contribution in [0.1, 0.15) is 22.0 Å². The fourth-order valence-corrected chi connectivity index (χ4v) is 1.33. The molecule has 0 bridgehead atoms. The van der Waals surface area contributed by atoms with E-state index >= 15 is 0 Å². The van der Waals surface area contributed by atoms with Gasteiger partial charge in [-0.3, -0.25) is 0 Å². The van der Waals surface area contributed by atoms with Crippen LogP contribution in [0.15, 0.2) is 0 Å². The Balaban J connectivity index is 2.24. The monoisotopic (exact) mass is 132 g/mol. The molecule has 9 heavy (non-hydrogen) atoms. The van der Waals surface area contributed by atoms with Crippen molar-refractivity contribution in [2.45, 2.75) is 19.3 Å². The summed E-state index contributed by atoms with van der Waals surface area (Å²) in [5, 5.41) is 11.1. The van der Waals surface area contributed by atoms with Gasteiger partial charge < -0.3 is 10.4 Å². The van der Waals surface area contributed by atoms with Gasteiger partial charge in [0.2, 0.25) is 0 Å². The number of quaternary nitrogens is 1. The Morgan fingerprint density at radius 2 is 2.22 bits per heavy atom. The van der Waals surface area contributed by atoms with Gasteiger partial charge in [0.05, 0.1) is 15.8 Å². The number of rotatable bonds is 2. The molecule has 0 aromatic rings. The van der Waals surface area contributed by atoms with Crippen LogP contribution in [0.4, 0.5) is 0 Å². The second-order valence-electron chi connectivity index (χ2n) is 2.67. The normalized spacial score (nSPS) is 27.2. The predicted molar refractivity (Wildman–Crippen MR) is 36.1 cm³/mol. The lowest BCUT2D eigenvalue weighted by Crippen LogP contribution is -2.86. The summed E-state index contributed by atoms with van der Waals surface area (Å²) in [7, 11) is 0. The molecule has 1 aliphatic rings. The standard InChI is InChI=1S/C7H15NO/c9-6-3-7-1-4-8-5-2-7/h7-9H,1-6H2/p+1/i6D2. The van der Waals surface area contributed by atoms with Crippen LogP contribution in [0, 0.1) is 5.92 Å². The first-order chi connectivity index (χ1) is 5.08. The highest BCUT2D eigenvalue weighted by Crippen LogP contribution is 2.11. The molecule has 2 heteroatoms. The van der Waals surface area contributed by atoms with Gasteiger partial charge in [-0.15, -0.1) is 0 Å².